The standard InChI is InChI=1S/C13H11BrF2N2O3/c14-7-1-2-8-9(3-7)18(17-10(8)11(19)20)6-12(21)4-13(15,16)5-12/h1-3,21H,4-6H2,(H,19,20). The van der Waals surface area contributed by atoms with E-state index < -0.39 is 30.3 Å². The van der Waals surface area contributed by atoms with Crippen LogP contribution in [0.15, 0.2) is 22.7 Å². The number of rotatable bonds is 3. The summed E-state index contributed by atoms with van der Waals surface area (Å²) in [7, 11) is 0. The zero-order valence-electron chi connectivity index (χ0n) is 10.7. The maximum absolute atomic E-state index is 13.0. The van der Waals surface area contributed by atoms with Gasteiger partial charge in [0.05, 0.1) is 17.7 Å². The average molecular weight is 361 g/mol. The highest BCUT2D eigenvalue weighted by atomic mass is 79.9. The second kappa shape index (κ2) is 4.48. The summed E-state index contributed by atoms with van der Waals surface area (Å²) >= 11 is 3.27. The Kier molecular flexibility index (Phi) is 3.07. The van der Waals surface area contributed by atoms with E-state index in [1.165, 1.54) is 4.68 Å². The van der Waals surface area contributed by atoms with Gasteiger partial charge in [0.15, 0.2) is 5.69 Å². The SMILES string of the molecule is O=C(O)c1nn(CC2(O)CC(F)(F)C2)c2cc(Br)ccc12. The second-order valence-corrected chi connectivity index (χ2v) is 6.32. The van der Waals surface area contributed by atoms with E-state index in [2.05, 4.69) is 21.0 Å². The van der Waals surface area contributed by atoms with Crippen LogP contribution in [0.4, 0.5) is 8.78 Å². The van der Waals surface area contributed by atoms with E-state index in [0.717, 1.165) is 0 Å². The van der Waals surface area contributed by atoms with E-state index in [4.69, 9.17) is 5.11 Å². The minimum atomic E-state index is -2.87. The highest BCUT2D eigenvalue weighted by Gasteiger charge is 2.56. The Balaban J connectivity index is 2.03. The molecule has 112 valence electrons. The summed E-state index contributed by atoms with van der Waals surface area (Å²) in [4.78, 5) is 11.2. The van der Waals surface area contributed by atoms with Crippen LogP contribution in [-0.2, 0) is 6.54 Å². The first-order valence-corrected chi connectivity index (χ1v) is 6.98. The molecule has 21 heavy (non-hydrogen) atoms. The molecule has 1 aliphatic rings. The average Bonchev–Trinajstić information content (AvgIpc) is 2.64. The Morgan fingerprint density at radius 1 is 1.43 bits per heavy atom. The van der Waals surface area contributed by atoms with Gasteiger partial charge in [0, 0.05) is 22.7 Å². The quantitative estimate of drug-likeness (QED) is 0.882. The van der Waals surface area contributed by atoms with Gasteiger partial charge < -0.3 is 10.2 Å². The largest absolute Gasteiger partial charge is 0.476 e. The van der Waals surface area contributed by atoms with E-state index >= 15 is 0 Å². The summed E-state index contributed by atoms with van der Waals surface area (Å²) in [5.74, 6) is -4.07. The summed E-state index contributed by atoms with van der Waals surface area (Å²) in [6.45, 7) is -0.164. The van der Waals surface area contributed by atoms with Crippen molar-refractivity contribution in [2.24, 2.45) is 0 Å². The van der Waals surface area contributed by atoms with Gasteiger partial charge in [0.25, 0.3) is 5.92 Å². The van der Waals surface area contributed by atoms with Crippen LogP contribution in [0.2, 0.25) is 0 Å². The molecule has 2 aromatic rings. The smallest absolute Gasteiger partial charge is 0.357 e. The maximum Gasteiger partial charge on any atom is 0.357 e. The first-order chi connectivity index (χ1) is 9.69. The fraction of sp³-hybridized carbons (Fsp3) is 0.385. The Bertz CT molecular complexity index is 736. The van der Waals surface area contributed by atoms with Gasteiger partial charge in [0.1, 0.15) is 0 Å². The lowest BCUT2D eigenvalue weighted by molar-refractivity contribution is -0.210. The third kappa shape index (κ3) is 2.53. The molecule has 3 rings (SSSR count). The minimum Gasteiger partial charge on any atom is -0.476 e. The van der Waals surface area contributed by atoms with Crippen molar-refractivity contribution < 1.29 is 23.8 Å². The number of fused-ring (bicyclic) bond motifs is 1. The number of hydrogen-bond acceptors (Lipinski definition) is 3. The van der Waals surface area contributed by atoms with Gasteiger partial charge in [-0.3, -0.25) is 4.68 Å². The number of carbonyl (C=O) groups is 1. The molecule has 1 aromatic heterocycles. The van der Waals surface area contributed by atoms with Crippen LogP contribution in [0, 0.1) is 0 Å². The van der Waals surface area contributed by atoms with Crippen LogP contribution in [0.3, 0.4) is 0 Å². The number of aromatic nitrogens is 2. The van der Waals surface area contributed by atoms with Crippen molar-refractivity contribution in [3.05, 3.63) is 28.4 Å². The number of hydrogen-bond donors (Lipinski definition) is 2. The van der Waals surface area contributed by atoms with Crippen molar-refractivity contribution in [1.29, 1.82) is 0 Å². The molecule has 2 N–H and O–H groups in total. The fourth-order valence-electron chi connectivity index (χ4n) is 2.73. The molecular formula is C13H11BrF2N2O3. The molecule has 0 bridgehead atoms. The predicted octanol–water partition coefficient (Wildman–Crippen LogP) is 2.66. The Morgan fingerprint density at radius 2 is 2.10 bits per heavy atom. The van der Waals surface area contributed by atoms with Crippen LogP contribution in [-0.4, -0.2) is 37.5 Å². The van der Waals surface area contributed by atoms with Gasteiger partial charge in [-0.05, 0) is 18.2 Å². The molecule has 1 aromatic carbocycles. The summed E-state index contributed by atoms with van der Waals surface area (Å²) in [6, 6.07) is 4.91. The molecule has 1 aliphatic carbocycles. The molecule has 0 saturated heterocycles. The number of halogens is 3. The molecule has 0 radical (unpaired) electrons. The number of benzene rings is 1. The highest BCUT2D eigenvalue weighted by molar-refractivity contribution is 9.10. The lowest BCUT2D eigenvalue weighted by Gasteiger charge is -2.43. The first kappa shape index (κ1) is 14.4. The topological polar surface area (TPSA) is 75.3 Å². The van der Waals surface area contributed by atoms with Gasteiger partial charge >= 0.3 is 5.97 Å². The summed E-state index contributed by atoms with van der Waals surface area (Å²) in [5, 5.41) is 23.6. The molecule has 0 amide bonds. The van der Waals surface area contributed by atoms with Crippen molar-refractivity contribution in [2.75, 3.05) is 0 Å². The summed E-state index contributed by atoms with van der Waals surface area (Å²) < 4.78 is 27.9. The molecule has 0 aliphatic heterocycles. The Labute approximate surface area is 126 Å². The van der Waals surface area contributed by atoms with Crippen molar-refractivity contribution in [2.45, 2.75) is 30.9 Å². The summed E-state index contributed by atoms with van der Waals surface area (Å²) in [6.07, 6.45) is -1.28. The van der Waals surface area contributed by atoms with Gasteiger partial charge in [-0.1, -0.05) is 15.9 Å². The summed E-state index contributed by atoms with van der Waals surface area (Å²) in [5.41, 5.74) is -1.24. The molecule has 1 fully saturated rings. The van der Waals surface area contributed by atoms with Crippen LogP contribution < -0.4 is 0 Å². The molecule has 5 nitrogen and oxygen atoms in total. The van der Waals surface area contributed by atoms with Crippen molar-refractivity contribution in [3.63, 3.8) is 0 Å². The monoisotopic (exact) mass is 360 g/mol. The van der Waals surface area contributed by atoms with Gasteiger partial charge in [-0.25, -0.2) is 13.6 Å². The fourth-order valence-corrected chi connectivity index (χ4v) is 3.08. The molecule has 1 saturated carbocycles. The number of aromatic carboxylic acids is 1. The van der Waals surface area contributed by atoms with E-state index in [1.807, 2.05) is 0 Å². The van der Waals surface area contributed by atoms with E-state index in [9.17, 15) is 18.7 Å². The van der Waals surface area contributed by atoms with Crippen molar-refractivity contribution in [1.82, 2.24) is 9.78 Å². The Morgan fingerprint density at radius 3 is 2.67 bits per heavy atom. The predicted molar refractivity (Wildman–Crippen MR) is 73.5 cm³/mol. The van der Waals surface area contributed by atoms with E-state index in [-0.39, 0.29) is 12.2 Å². The number of carboxylic acids is 1. The third-order valence-corrected chi connectivity index (χ3v) is 4.03. The lowest BCUT2D eigenvalue weighted by atomic mass is 9.76. The van der Waals surface area contributed by atoms with Crippen molar-refractivity contribution in [3.8, 4) is 0 Å². The highest BCUT2D eigenvalue weighted by Crippen LogP contribution is 2.46. The molecule has 8 heteroatoms. The first-order valence-electron chi connectivity index (χ1n) is 6.19. The van der Waals surface area contributed by atoms with Crippen LogP contribution in [0.25, 0.3) is 10.9 Å². The number of alkyl halides is 2. The normalized spacial score (nSPS) is 19.4. The molecule has 0 spiro atoms. The number of nitrogens with zero attached hydrogens (tertiary/aromatic N) is 2. The van der Waals surface area contributed by atoms with E-state index in [0.29, 0.717) is 15.4 Å². The van der Waals surface area contributed by atoms with Crippen molar-refractivity contribution >= 4 is 32.8 Å². The third-order valence-electron chi connectivity index (χ3n) is 3.54. The number of aliphatic hydroxyl groups is 1. The molecule has 1 heterocycles. The lowest BCUT2D eigenvalue weighted by Crippen LogP contribution is -2.54. The zero-order chi connectivity index (χ0) is 15.4. The Hall–Kier alpha value is -1.54. The van der Waals surface area contributed by atoms with E-state index in [1.54, 1.807) is 18.2 Å². The number of carboxylic acid groups (broad SMARTS) is 1. The molecule has 0 atom stereocenters. The zero-order valence-corrected chi connectivity index (χ0v) is 12.3. The van der Waals surface area contributed by atoms with Gasteiger partial charge in [-0.2, -0.15) is 5.10 Å². The maximum atomic E-state index is 13.0. The van der Waals surface area contributed by atoms with Crippen LogP contribution >= 0.6 is 15.9 Å². The van der Waals surface area contributed by atoms with Gasteiger partial charge in [-0.15, -0.1) is 0 Å². The second-order valence-electron chi connectivity index (χ2n) is 5.41. The van der Waals surface area contributed by atoms with Gasteiger partial charge in [0.2, 0.25) is 0 Å². The molecular weight excluding hydrogens is 350 g/mol. The van der Waals surface area contributed by atoms with Crippen LogP contribution in [0.5, 0.6) is 0 Å². The molecule has 0 unspecified atom stereocenters. The van der Waals surface area contributed by atoms with Crippen LogP contribution in [0.1, 0.15) is 23.3 Å². The minimum absolute atomic E-state index is 0.160.